The van der Waals surface area contributed by atoms with Crippen molar-refractivity contribution in [2.45, 2.75) is 4.90 Å². The van der Waals surface area contributed by atoms with Gasteiger partial charge in [-0.25, -0.2) is 31.7 Å². The SMILES string of the molecule is NS(=O)(=O)CCNS(=O)(=O)c1cccnc1Cl. The fourth-order valence-corrected chi connectivity index (χ4v) is 2.97. The first-order valence-corrected chi connectivity index (χ1v) is 7.91. The van der Waals surface area contributed by atoms with Crippen LogP contribution < -0.4 is 9.86 Å². The van der Waals surface area contributed by atoms with Crippen LogP contribution in [-0.4, -0.2) is 34.1 Å². The lowest BCUT2D eigenvalue weighted by molar-refractivity contribution is 0.581. The predicted molar refractivity (Wildman–Crippen MR) is 62.4 cm³/mol. The molecule has 0 bridgehead atoms. The zero-order chi connectivity index (χ0) is 13.1. The average molecular weight is 300 g/mol. The van der Waals surface area contributed by atoms with Gasteiger partial charge in [-0.2, -0.15) is 0 Å². The van der Waals surface area contributed by atoms with Crippen molar-refractivity contribution >= 4 is 31.6 Å². The van der Waals surface area contributed by atoms with E-state index in [9.17, 15) is 16.8 Å². The molecule has 3 N–H and O–H groups in total. The van der Waals surface area contributed by atoms with E-state index in [4.69, 9.17) is 16.7 Å². The lowest BCUT2D eigenvalue weighted by atomic mass is 10.5. The Morgan fingerprint density at radius 2 is 2.00 bits per heavy atom. The van der Waals surface area contributed by atoms with Crippen molar-refractivity contribution in [1.82, 2.24) is 9.71 Å². The highest BCUT2D eigenvalue weighted by Gasteiger charge is 2.18. The molecule has 0 unspecified atom stereocenters. The molecule has 1 aromatic rings. The molecule has 0 aliphatic carbocycles. The van der Waals surface area contributed by atoms with Gasteiger partial charge in [0, 0.05) is 12.7 Å². The van der Waals surface area contributed by atoms with Gasteiger partial charge in [-0.3, -0.25) is 0 Å². The second kappa shape index (κ2) is 5.27. The fourth-order valence-electron chi connectivity index (χ4n) is 0.968. The molecule has 0 saturated heterocycles. The maximum absolute atomic E-state index is 11.7. The fraction of sp³-hybridized carbons (Fsp3) is 0.286. The summed E-state index contributed by atoms with van der Waals surface area (Å²) < 4.78 is 46.6. The first-order valence-electron chi connectivity index (χ1n) is 4.33. The molecule has 0 fully saturated rings. The number of halogens is 1. The van der Waals surface area contributed by atoms with E-state index in [1.165, 1.54) is 18.3 Å². The number of nitrogens with two attached hydrogens (primary N) is 1. The van der Waals surface area contributed by atoms with E-state index < -0.39 is 25.8 Å². The zero-order valence-electron chi connectivity index (χ0n) is 8.50. The molecule has 0 amide bonds. The van der Waals surface area contributed by atoms with Gasteiger partial charge in [0.15, 0.2) is 0 Å². The van der Waals surface area contributed by atoms with Gasteiger partial charge < -0.3 is 0 Å². The Bertz CT molecular complexity index is 599. The van der Waals surface area contributed by atoms with Crippen LogP contribution in [0.3, 0.4) is 0 Å². The second-order valence-electron chi connectivity index (χ2n) is 3.06. The average Bonchev–Trinajstić information content (AvgIpc) is 2.15. The smallest absolute Gasteiger partial charge is 0.243 e. The molecule has 0 saturated carbocycles. The van der Waals surface area contributed by atoms with E-state index in [0.29, 0.717) is 0 Å². The summed E-state index contributed by atoms with van der Waals surface area (Å²) in [5, 5.41) is 4.55. The Labute approximate surface area is 104 Å². The third-order valence-electron chi connectivity index (χ3n) is 1.69. The molecule has 96 valence electrons. The Balaban J connectivity index is 2.81. The minimum absolute atomic E-state index is 0.185. The maximum atomic E-state index is 11.7. The van der Waals surface area contributed by atoms with Gasteiger partial charge in [0.25, 0.3) is 0 Å². The molecule has 1 rings (SSSR count). The quantitative estimate of drug-likeness (QED) is 0.697. The number of pyridine rings is 1. The van der Waals surface area contributed by atoms with Crippen molar-refractivity contribution in [2.75, 3.05) is 12.3 Å². The van der Waals surface area contributed by atoms with Crippen LogP contribution in [0, 0.1) is 0 Å². The Kier molecular flexibility index (Phi) is 4.44. The Morgan fingerprint density at radius 1 is 1.35 bits per heavy atom. The molecule has 1 aromatic heterocycles. The van der Waals surface area contributed by atoms with Crippen LogP contribution in [0.4, 0.5) is 0 Å². The number of hydrogen-bond acceptors (Lipinski definition) is 5. The summed E-state index contributed by atoms with van der Waals surface area (Å²) in [5.74, 6) is -0.496. The first-order chi connectivity index (χ1) is 7.72. The highest BCUT2D eigenvalue weighted by atomic mass is 35.5. The lowest BCUT2D eigenvalue weighted by Crippen LogP contribution is -2.31. The molecule has 0 atom stereocenters. The van der Waals surface area contributed by atoms with Crippen LogP contribution in [0.15, 0.2) is 23.2 Å². The molecule has 0 spiro atoms. The second-order valence-corrected chi connectivity index (χ2v) is 6.88. The summed E-state index contributed by atoms with van der Waals surface area (Å²) in [5.41, 5.74) is 0. The highest BCUT2D eigenvalue weighted by Crippen LogP contribution is 2.16. The number of aromatic nitrogens is 1. The van der Waals surface area contributed by atoms with E-state index in [1.54, 1.807) is 0 Å². The number of nitrogens with zero attached hydrogens (tertiary/aromatic N) is 1. The van der Waals surface area contributed by atoms with Crippen molar-refractivity contribution in [1.29, 1.82) is 0 Å². The third-order valence-corrected chi connectivity index (χ3v) is 4.37. The predicted octanol–water partition coefficient (Wildman–Crippen LogP) is -0.698. The summed E-state index contributed by atoms with van der Waals surface area (Å²) >= 11 is 5.60. The van der Waals surface area contributed by atoms with Gasteiger partial charge in [-0.1, -0.05) is 11.6 Å². The van der Waals surface area contributed by atoms with Gasteiger partial charge in [-0.05, 0) is 12.1 Å². The van der Waals surface area contributed by atoms with Crippen LogP contribution in [-0.2, 0) is 20.0 Å². The standard InChI is InChI=1S/C7H10ClN3O4S2/c8-7-6(2-1-3-10-7)17(14,15)11-4-5-16(9,12)13/h1-3,11H,4-5H2,(H2,9,12,13). The molecular formula is C7H10ClN3O4S2. The number of primary sulfonamides is 1. The van der Waals surface area contributed by atoms with Crippen LogP contribution in [0.1, 0.15) is 0 Å². The largest absolute Gasteiger partial charge is 0.243 e. The molecule has 0 aromatic carbocycles. The van der Waals surface area contributed by atoms with Crippen molar-refractivity contribution < 1.29 is 16.8 Å². The Hall–Kier alpha value is -0.740. The molecule has 7 nitrogen and oxygen atoms in total. The van der Waals surface area contributed by atoms with E-state index >= 15 is 0 Å². The van der Waals surface area contributed by atoms with Gasteiger partial charge in [-0.15, -0.1) is 0 Å². The number of hydrogen-bond donors (Lipinski definition) is 2. The van der Waals surface area contributed by atoms with E-state index in [2.05, 4.69) is 9.71 Å². The topological polar surface area (TPSA) is 119 Å². The minimum Gasteiger partial charge on any atom is -0.243 e. The molecular weight excluding hydrogens is 290 g/mol. The molecule has 17 heavy (non-hydrogen) atoms. The highest BCUT2D eigenvalue weighted by molar-refractivity contribution is 7.90. The Morgan fingerprint density at radius 3 is 2.53 bits per heavy atom. The van der Waals surface area contributed by atoms with E-state index in [0.717, 1.165) is 0 Å². The third kappa shape index (κ3) is 4.56. The first kappa shape index (κ1) is 14.3. The molecule has 0 aliphatic rings. The van der Waals surface area contributed by atoms with Gasteiger partial charge in [0.05, 0.1) is 5.75 Å². The summed E-state index contributed by atoms with van der Waals surface area (Å²) in [6.45, 7) is -0.327. The van der Waals surface area contributed by atoms with Crippen LogP contribution in [0.5, 0.6) is 0 Å². The van der Waals surface area contributed by atoms with E-state index in [1.807, 2.05) is 0 Å². The van der Waals surface area contributed by atoms with Gasteiger partial charge >= 0.3 is 0 Å². The normalized spacial score (nSPS) is 12.6. The van der Waals surface area contributed by atoms with Crippen molar-refractivity contribution in [3.63, 3.8) is 0 Å². The van der Waals surface area contributed by atoms with Crippen molar-refractivity contribution in [2.24, 2.45) is 5.14 Å². The van der Waals surface area contributed by atoms with Crippen LogP contribution >= 0.6 is 11.6 Å². The monoisotopic (exact) mass is 299 g/mol. The number of sulfonamides is 2. The molecule has 0 aliphatic heterocycles. The van der Waals surface area contributed by atoms with E-state index in [-0.39, 0.29) is 16.6 Å². The zero-order valence-corrected chi connectivity index (χ0v) is 10.9. The summed E-state index contributed by atoms with van der Waals surface area (Å²) in [7, 11) is -7.59. The van der Waals surface area contributed by atoms with Crippen LogP contribution in [0.2, 0.25) is 5.15 Å². The number of rotatable bonds is 5. The minimum atomic E-state index is -3.88. The molecule has 1 heterocycles. The number of nitrogens with one attached hydrogen (secondary N) is 1. The van der Waals surface area contributed by atoms with Crippen molar-refractivity contribution in [3.05, 3.63) is 23.5 Å². The summed E-state index contributed by atoms with van der Waals surface area (Å²) in [4.78, 5) is 3.39. The molecule has 0 radical (unpaired) electrons. The molecule has 10 heteroatoms. The van der Waals surface area contributed by atoms with Crippen LogP contribution in [0.25, 0.3) is 0 Å². The van der Waals surface area contributed by atoms with Gasteiger partial charge in [0.2, 0.25) is 20.0 Å². The summed E-state index contributed by atoms with van der Waals surface area (Å²) in [6, 6.07) is 2.66. The van der Waals surface area contributed by atoms with Crippen molar-refractivity contribution in [3.8, 4) is 0 Å². The maximum Gasteiger partial charge on any atom is 0.243 e. The van der Waals surface area contributed by atoms with Gasteiger partial charge in [0.1, 0.15) is 10.0 Å². The lowest BCUT2D eigenvalue weighted by Gasteiger charge is -2.06. The summed E-state index contributed by atoms with van der Waals surface area (Å²) in [6.07, 6.45) is 1.34.